The van der Waals surface area contributed by atoms with Crippen LogP contribution in [0.3, 0.4) is 0 Å². The molecule has 1 nitrogen and oxygen atoms in total. The molecule has 4 heteroatoms. The fraction of sp³-hybridized carbons (Fsp3) is 0.182. The molecule has 0 aromatic carbocycles. The van der Waals surface area contributed by atoms with Crippen molar-refractivity contribution < 1.29 is 4.79 Å². The number of rotatable bonds is 3. The number of Topliss-reactive ketones (excluding diaryl/α,β-unsaturated/α-hetero) is 1. The Morgan fingerprint density at radius 3 is 2.73 bits per heavy atom. The third-order valence-corrected chi connectivity index (χ3v) is 4.67. The van der Waals surface area contributed by atoms with Crippen molar-refractivity contribution in [2.75, 3.05) is 0 Å². The zero-order valence-electron chi connectivity index (χ0n) is 8.12. The predicted octanol–water partition coefficient (Wildman–Crippen LogP) is 4.31. The lowest BCUT2D eigenvalue weighted by Crippen LogP contribution is -2.02. The lowest BCUT2D eigenvalue weighted by molar-refractivity contribution is 0.0993. The number of halogens is 1. The second-order valence-electron chi connectivity index (χ2n) is 3.30. The van der Waals surface area contributed by atoms with Gasteiger partial charge in [0.1, 0.15) is 0 Å². The summed E-state index contributed by atoms with van der Waals surface area (Å²) in [6, 6.07) is 2.00. The van der Waals surface area contributed by atoms with E-state index in [1.165, 1.54) is 0 Å². The quantitative estimate of drug-likeness (QED) is 0.772. The van der Waals surface area contributed by atoms with Crippen LogP contribution < -0.4 is 0 Å². The van der Waals surface area contributed by atoms with Gasteiger partial charge in [-0.3, -0.25) is 4.79 Å². The van der Waals surface area contributed by atoms with Gasteiger partial charge in [-0.05, 0) is 39.9 Å². The summed E-state index contributed by atoms with van der Waals surface area (Å²) in [7, 11) is 0. The van der Waals surface area contributed by atoms with Gasteiger partial charge in [0.15, 0.2) is 5.78 Å². The Morgan fingerprint density at radius 1 is 1.40 bits per heavy atom. The average Bonchev–Trinajstić information content (AvgIpc) is 2.75. The maximum Gasteiger partial charge on any atom is 0.169 e. The maximum absolute atomic E-state index is 11.9. The van der Waals surface area contributed by atoms with Gasteiger partial charge in [-0.25, -0.2) is 0 Å². The fourth-order valence-electron chi connectivity index (χ4n) is 1.35. The van der Waals surface area contributed by atoms with Gasteiger partial charge < -0.3 is 0 Å². The summed E-state index contributed by atoms with van der Waals surface area (Å²) in [5.41, 5.74) is 1.95. The Balaban J connectivity index is 2.14. The molecule has 0 aliphatic rings. The first-order valence-electron chi connectivity index (χ1n) is 4.45. The minimum absolute atomic E-state index is 0.211. The average molecular weight is 301 g/mol. The van der Waals surface area contributed by atoms with E-state index in [9.17, 15) is 4.79 Å². The van der Waals surface area contributed by atoms with Crippen molar-refractivity contribution in [1.82, 2.24) is 0 Å². The van der Waals surface area contributed by atoms with Crippen LogP contribution in [-0.2, 0) is 6.42 Å². The number of aryl methyl sites for hydroxylation is 1. The number of ketones is 1. The lowest BCUT2D eigenvalue weighted by atomic mass is 10.1. The number of carbonyl (C=O) groups is 1. The topological polar surface area (TPSA) is 17.1 Å². The van der Waals surface area contributed by atoms with Crippen LogP contribution in [-0.4, -0.2) is 5.78 Å². The fourth-order valence-corrected chi connectivity index (χ4v) is 3.65. The van der Waals surface area contributed by atoms with Gasteiger partial charge >= 0.3 is 0 Å². The molecule has 0 unspecified atom stereocenters. The largest absolute Gasteiger partial charge is 0.294 e. The van der Waals surface area contributed by atoms with Crippen molar-refractivity contribution >= 4 is 44.4 Å². The molecule has 0 saturated carbocycles. The monoisotopic (exact) mass is 300 g/mol. The second-order valence-corrected chi connectivity index (χ2v) is 5.95. The van der Waals surface area contributed by atoms with E-state index in [0.717, 1.165) is 20.5 Å². The van der Waals surface area contributed by atoms with Crippen LogP contribution in [0.2, 0.25) is 0 Å². The Bertz CT molecular complexity index is 484. The third-order valence-electron chi connectivity index (χ3n) is 2.11. The van der Waals surface area contributed by atoms with Crippen LogP contribution in [0.15, 0.2) is 26.7 Å². The first kappa shape index (κ1) is 11.0. The molecule has 2 aromatic heterocycles. The lowest BCUT2D eigenvalue weighted by Gasteiger charge is -1.97. The van der Waals surface area contributed by atoms with Crippen molar-refractivity contribution in [2.45, 2.75) is 13.3 Å². The zero-order valence-corrected chi connectivity index (χ0v) is 11.3. The van der Waals surface area contributed by atoms with E-state index in [1.807, 2.05) is 29.1 Å². The van der Waals surface area contributed by atoms with Gasteiger partial charge in [-0.2, -0.15) is 11.3 Å². The highest BCUT2D eigenvalue weighted by atomic mass is 79.9. The van der Waals surface area contributed by atoms with E-state index in [1.54, 1.807) is 22.7 Å². The molecule has 0 aliphatic carbocycles. The Morgan fingerprint density at radius 2 is 2.20 bits per heavy atom. The predicted molar refractivity (Wildman–Crippen MR) is 69.1 cm³/mol. The summed E-state index contributed by atoms with van der Waals surface area (Å²) in [4.78, 5) is 13.0. The minimum atomic E-state index is 0.211. The highest BCUT2D eigenvalue weighted by molar-refractivity contribution is 9.10. The van der Waals surface area contributed by atoms with E-state index in [-0.39, 0.29) is 5.78 Å². The van der Waals surface area contributed by atoms with Gasteiger partial charge in [0.2, 0.25) is 0 Å². The molecule has 0 saturated heterocycles. The molecule has 2 rings (SSSR count). The van der Waals surface area contributed by atoms with Crippen molar-refractivity contribution in [1.29, 1.82) is 0 Å². The molecule has 0 amide bonds. The van der Waals surface area contributed by atoms with Crippen molar-refractivity contribution in [3.63, 3.8) is 0 Å². The second kappa shape index (κ2) is 4.60. The molecule has 0 N–H and O–H groups in total. The van der Waals surface area contributed by atoms with Gasteiger partial charge in [0, 0.05) is 32.1 Å². The first-order valence-corrected chi connectivity index (χ1v) is 7.07. The van der Waals surface area contributed by atoms with Crippen LogP contribution in [0, 0.1) is 6.92 Å². The van der Waals surface area contributed by atoms with E-state index >= 15 is 0 Å². The van der Waals surface area contributed by atoms with Crippen LogP contribution in [0.4, 0.5) is 0 Å². The molecule has 15 heavy (non-hydrogen) atoms. The van der Waals surface area contributed by atoms with E-state index < -0.39 is 0 Å². The molecular formula is C11H9BrOS2. The molecule has 0 fully saturated rings. The molecule has 2 aromatic rings. The summed E-state index contributed by atoms with van der Waals surface area (Å²) in [5, 5.41) is 5.95. The SMILES string of the molecule is Cc1cscc1C(=O)Cc1cc(Br)cs1. The number of hydrogen-bond donors (Lipinski definition) is 0. The van der Waals surface area contributed by atoms with Gasteiger partial charge in [-0.15, -0.1) is 11.3 Å². The third kappa shape index (κ3) is 2.56. The van der Waals surface area contributed by atoms with Gasteiger partial charge in [-0.1, -0.05) is 0 Å². The summed E-state index contributed by atoms with van der Waals surface area (Å²) >= 11 is 6.59. The van der Waals surface area contributed by atoms with Crippen LogP contribution in [0.5, 0.6) is 0 Å². The van der Waals surface area contributed by atoms with Gasteiger partial charge in [0.25, 0.3) is 0 Å². The molecule has 78 valence electrons. The van der Waals surface area contributed by atoms with Crippen molar-refractivity contribution in [2.24, 2.45) is 0 Å². The van der Waals surface area contributed by atoms with Crippen molar-refractivity contribution in [3.05, 3.63) is 42.7 Å². The Labute approximate surface area is 105 Å². The zero-order chi connectivity index (χ0) is 10.8. The molecule has 0 spiro atoms. The van der Waals surface area contributed by atoms with E-state index in [0.29, 0.717) is 6.42 Å². The highest BCUT2D eigenvalue weighted by Crippen LogP contribution is 2.22. The van der Waals surface area contributed by atoms with E-state index in [4.69, 9.17) is 0 Å². The minimum Gasteiger partial charge on any atom is -0.294 e. The smallest absolute Gasteiger partial charge is 0.169 e. The van der Waals surface area contributed by atoms with Crippen LogP contribution >= 0.6 is 38.6 Å². The Kier molecular flexibility index (Phi) is 3.38. The highest BCUT2D eigenvalue weighted by Gasteiger charge is 2.11. The molecule has 2 heterocycles. The Hall–Kier alpha value is -0.450. The molecule has 0 bridgehead atoms. The number of thiophene rings is 2. The maximum atomic E-state index is 11.9. The summed E-state index contributed by atoms with van der Waals surface area (Å²) in [6.45, 7) is 1.98. The molecule has 0 atom stereocenters. The van der Waals surface area contributed by atoms with Crippen LogP contribution in [0.1, 0.15) is 20.8 Å². The number of carbonyl (C=O) groups excluding carboxylic acids is 1. The standard InChI is InChI=1S/C11H9BrOS2/c1-7-4-14-6-10(7)11(13)3-9-2-8(12)5-15-9/h2,4-6H,3H2,1H3. The van der Waals surface area contributed by atoms with E-state index in [2.05, 4.69) is 15.9 Å². The summed E-state index contributed by atoms with van der Waals surface area (Å²) in [6.07, 6.45) is 0.508. The summed E-state index contributed by atoms with van der Waals surface area (Å²) < 4.78 is 1.05. The molecule has 0 aliphatic heterocycles. The van der Waals surface area contributed by atoms with Gasteiger partial charge in [0.05, 0.1) is 0 Å². The van der Waals surface area contributed by atoms with Crippen LogP contribution in [0.25, 0.3) is 0 Å². The summed E-state index contributed by atoms with van der Waals surface area (Å²) in [5.74, 6) is 0.211. The molecular weight excluding hydrogens is 292 g/mol. The normalized spacial score (nSPS) is 10.5. The first-order chi connectivity index (χ1) is 7.16. The molecule has 0 radical (unpaired) electrons. The number of hydrogen-bond acceptors (Lipinski definition) is 3. The van der Waals surface area contributed by atoms with Crippen molar-refractivity contribution in [3.8, 4) is 0 Å².